The van der Waals surface area contributed by atoms with Gasteiger partial charge in [0.25, 0.3) is 0 Å². The quantitative estimate of drug-likeness (QED) is 0.489. The molecule has 1 fully saturated rings. The summed E-state index contributed by atoms with van der Waals surface area (Å²) in [6, 6.07) is 15.5. The minimum Gasteiger partial charge on any atom is -0.489 e. The Morgan fingerprint density at radius 2 is 1.94 bits per heavy atom. The summed E-state index contributed by atoms with van der Waals surface area (Å²) >= 11 is 6.34. The van der Waals surface area contributed by atoms with Gasteiger partial charge < -0.3 is 19.5 Å². The Morgan fingerprint density at radius 1 is 1.12 bits per heavy atom. The second-order valence-corrected chi connectivity index (χ2v) is 8.00. The summed E-state index contributed by atoms with van der Waals surface area (Å²) in [5, 5.41) is 9.86. The highest BCUT2D eigenvalue weighted by atomic mass is 35.5. The van der Waals surface area contributed by atoms with E-state index in [0.29, 0.717) is 30.3 Å². The predicted molar refractivity (Wildman–Crippen MR) is 120 cm³/mol. The fourth-order valence-electron chi connectivity index (χ4n) is 3.74. The molecule has 0 unspecified atom stereocenters. The van der Waals surface area contributed by atoms with Crippen LogP contribution in [0.2, 0.25) is 5.02 Å². The van der Waals surface area contributed by atoms with Gasteiger partial charge in [-0.25, -0.2) is 4.98 Å². The molecule has 174 valence electrons. The van der Waals surface area contributed by atoms with E-state index in [1.54, 1.807) is 0 Å². The highest BCUT2D eigenvalue weighted by molar-refractivity contribution is 6.33. The number of nitrogens with zero attached hydrogens (tertiary/aromatic N) is 2. The van der Waals surface area contributed by atoms with E-state index in [0.717, 1.165) is 29.1 Å². The van der Waals surface area contributed by atoms with Crippen LogP contribution in [0.1, 0.15) is 12.0 Å². The third-order valence-electron chi connectivity index (χ3n) is 5.33. The molecule has 2 aromatic carbocycles. The highest BCUT2D eigenvalue weighted by Gasteiger charge is 2.31. The summed E-state index contributed by atoms with van der Waals surface area (Å²) < 4.78 is 49.8. The number of hydrogen-bond donors (Lipinski definition) is 1. The third-order valence-corrected chi connectivity index (χ3v) is 5.66. The Labute approximate surface area is 194 Å². The molecule has 2 heterocycles. The fraction of sp³-hybridized carbons (Fsp3) is 0.292. The molecule has 1 aliphatic rings. The van der Waals surface area contributed by atoms with Crippen molar-refractivity contribution >= 4 is 17.3 Å². The van der Waals surface area contributed by atoms with Crippen molar-refractivity contribution < 1.29 is 27.8 Å². The molecule has 1 saturated heterocycles. The lowest BCUT2D eigenvalue weighted by Gasteiger charge is -2.23. The topological polar surface area (TPSA) is 54.8 Å². The Kier molecular flexibility index (Phi) is 6.95. The van der Waals surface area contributed by atoms with E-state index in [2.05, 4.69) is 9.88 Å². The lowest BCUT2D eigenvalue weighted by molar-refractivity contribution is -0.137. The van der Waals surface area contributed by atoms with Crippen LogP contribution in [0.3, 0.4) is 0 Å². The van der Waals surface area contributed by atoms with Crippen molar-refractivity contribution in [3.05, 3.63) is 71.4 Å². The van der Waals surface area contributed by atoms with Gasteiger partial charge in [-0.1, -0.05) is 35.9 Å². The Bertz CT molecular complexity index is 1090. The van der Waals surface area contributed by atoms with E-state index < -0.39 is 11.7 Å². The monoisotopic (exact) mass is 478 g/mol. The van der Waals surface area contributed by atoms with Crippen LogP contribution in [0.5, 0.6) is 11.6 Å². The van der Waals surface area contributed by atoms with Crippen molar-refractivity contribution in [2.24, 2.45) is 0 Å². The van der Waals surface area contributed by atoms with Gasteiger partial charge in [-0.15, -0.1) is 0 Å². The molecule has 1 atom stereocenters. The SMILES string of the molecule is OCCOc1cc(-c2ccccc2Cl)ccc1N1CC[C@H](Oc2ccc(C(F)(F)F)cn2)C1. The molecule has 3 aromatic rings. The molecule has 0 aliphatic carbocycles. The molecular weight excluding hydrogens is 457 g/mol. The molecule has 1 N–H and O–H groups in total. The van der Waals surface area contributed by atoms with Crippen LogP contribution in [0.15, 0.2) is 60.8 Å². The number of aliphatic hydroxyl groups excluding tert-OH is 1. The van der Waals surface area contributed by atoms with Gasteiger partial charge in [0.15, 0.2) is 0 Å². The maximum atomic E-state index is 12.7. The van der Waals surface area contributed by atoms with Crippen molar-refractivity contribution in [2.45, 2.75) is 18.7 Å². The van der Waals surface area contributed by atoms with Gasteiger partial charge in [0.1, 0.15) is 18.5 Å². The molecule has 1 aliphatic heterocycles. The molecule has 0 spiro atoms. The number of aliphatic hydroxyl groups is 1. The first-order valence-electron chi connectivity index (χ1n) is 10.4. The molecule has 4 rings (SSSR count). The number of benzene rings is 2. The molecule has 1 aromatic heterocycles. The normalized spacial score (nSPS) is 16.2. The first kappa shape index (κ1) is 23.2. The summed E-state index contributed by atoms with van der Waals surface area (Å²) in [7, 11) is 0. The van der Waals surface area contributed by atoms with Gasteiger partial charge in [0.05, 0.1) is 24.4 Å². The molecule has 0 saturated carbocycles. The summed E-state index contributed by atoms with van der Waals surface area (Å²) in [6.45, 7) is 1.21. The van der Waals surface area contributed by atoms with Crippen LogP contribution >= 0.6 is 11.6 Å². The lowest BCUT2D eigenvalue weighted by Crippen LogP contribution is -2.25. The average molecular weight is 479 g/mol. The summed E-state index contributed by atoms with van der Waals surface area (Å²) in [4.78, 5) is 5.87. The smallest absolute Gasteiger partial charge is 0.417 e. The molecule has 0 bridgehead atoms. The molecule has 0 radical (unpaired) electrons. The lowest BCUT2D eigenvalue weighted by atomic mass is 10.0. The fourth-order valence-corrected chi connectivity index (χ4v) is 3.99. The zero-order valence-electron chi connectivity index (χ0n) is 17.6. The van der Waals surface area contributed by atoms with Gasteiger partial charge in [-0.2, -0.15) is 13.2 Å². The number of hydrogen-bond acceptors (Lipinski definition) is 5. The minimum atomic E-state index is -4.43. The molecular formula is C24H22ClF3N2O3. The van der Waals surface area contributed by atoms with Crippen molar-refractivity contribution in [1.82, 2.24) is 4.98 Å². The van der Waals surface area contributed by atoms with Gasteiger partial charge in [-0.3, -0.25) is 0 Å². The number of alkyl halides is 3. The highest BCUT2D eigenvalue weighted by Crippen LogP contribution is 2.37. The van der Waals surface area contributed by atoms with E-state index >= 15 is 0 Å². The number of ether oxygens (including phenoxy) is 2. The Balaban J connectivity index is 1.50. The second kappa shape index (κ2) is 9.89. The van der Waals surface area contributed by atoms with E-state index in [9.17, 15) is 18.3 Å². The number of pyridine rings is 1. The standard InChI is InChI=1S/C24H22ClF3N2O3/c25-20-4-2-1-3-19(20)16-5-7-21(22(13-16)32-12-11-31)30-10-9-18(15-30)33-23-8-6-17(14-29-23)24(26,27)28/h1-8,13-14,18,31H,9-12,15H2/t18-/m0/s1. The van der Waals surface area contributed by atoms with E-state index in [1.807, 2.05) is 42.5 Å². The van der Waals surface area contributed by atoms with E-state index in [4.69, 9.17) is 21.1 Å². The molecule has 5 nitrogen and oxygen atoms in total. The average Bonchev–Trinajstić information content (AvgIpc) is 3.26. The van der Waals surface area contributed by atoms with Crippen LogP contribution < -0.4 is 14.4 Å². The van der Waals surface area contributed by atoms with Crippen LogP contribution in [-0.4, -0.2) is 42.5 Å². The van der Waals surface area contributed by atoms with E-state index in [-0.39, 0.29) is 25.2 Å². The third kappa shape index (κ3) is 5.51. The molecule has 0 amide bonds. The van der Waals surface area contributed by atoms with Crippen molar-refractivity contribution in [2.75, 3.05) is 31.2 Å². The maximum absolute atomic E-state index is 12.7. The number of halogens is 4. The molecule has 33 heavy (non-hydrogen) atoms. The van der Waals surface area contributed by atoms with Crippen molar-refractivity contribution in [1.29, 1.82) is 0 Å². The second-order valence-electron chi connectivity index (χ2n) is 7.59. The Morgan fingerprint density at radius 3 is 2.64 bits per heavy atom. The van der Waals surface area contributed by atoms with Crippen LogP contribution in [-0.2, 0) is 6.18 Å². The van der Waals surface area contributed by atoms with E-state index in [1.165, 1.54) is 6.07 Å². The summed E-state index contributed by atoms with van der Waals surface area (Å²) in [5.41, 5.74) is 1.78. The summed E-state index contributed by atoms with van der Waals surface area (Å²) in [5.74, 6) is 0.760. The van der Waals surface area contributed by atoms with Crippen LogP contribution in [0.4, 0.5) is 18.9 Å². The largest absolute Gasteiger partial charge is 0.489 e. The van der Waals surface area contributed by atoms with Gasteiger partial charge in [0.2, 0.25) is 5.88 Å². The zero-order chi connectivity index (χ0) is 23.4. The van der Waals surface area contributed by atoms with Gasteiger partial charge in [0, 0.05) is 35.8 Å². The zero-order valence-corrected chi connectivity index (χ0v) is 18.3. The maximum Gasteiger partial charge on any atom is 0.417 e. The predicted octanol–water partition coefficient (Wildman–Crippen LogP) is 5.45. The van der Waals surface area contributed by atoms with Gasteiger partial charge in [-0.05, 0) is 29.8 Å². The number of rotatable bonds is 7. The number of aromatic nitrogens is 1. The first-order chi connectivity index (χ1) is 15.8. The van der Waals surface area contributed by atoms with Gasteiger partial charge >= 0.3 is 6.18 Å². The summed E-state index contributed by atoms with van der Waals surface area (Å²) in [6.07, 6.45) is -3.22. The number of anilines is 1. The first-order valence-corrected chi connectivity index (χ1v) is 10.8. The van der Waals surface area contributed by atoms with Crippen molar-refractivity contribution in [3.8, 4) is 22.8 Å². The minimum absolute atomic E-state index is 0.124. The van der Waals surface area contributed by atoms with Crippen LogP contribution in [0, 0.1) is 0 Å². The Hall–Kier alpha value is -2.97. The van der Waals surface area contributed by atoms with Crippen LogP contribution in [0.25, 0.3) is 11.1 Å². The molecule has 9 heteroatoms. The van der Waals surface area contributed by atoms with Crippen molar-refractivity contribution in [3.63, 3.8) is 0 Å².